The highest BCUT2D eigenvalue weighted by atomic mass is 16.4. The number of aromatic nitrogens is 3. The van der Waals surface area contributed by atoms with E-state index in [4.69, 9.17) is 4.42 Å². The van der Waals surface area contributed by atoms with Gasteiger partial charge in [-0.2, -0.15) is 5.10 Å². The van der Waals surface area contributed by atoms with E-state index in [-0.39, 0.29) is 0 Å². The molecule has 2 heterocycles. The van der Waals surface area contributed by atoms with Gasteiger partial charge >= 0.3 is 0 Å². The monoisotopic (exact) mass is 262 g/mol. The highest BCUT2D eigenvalue weighted by molar-refractivity contribution is 5.51. The first-order valence-electron chi connectivity index (χ1n) is 6.72. The van der Waals surface area contributed by atoms with Crippen molar-refractivity contribution in [2.24, 2.45) is 13.0 Å². The Morgan fingerprint density at radius 2 is 2.21 bits per heavy atom. The number of nitrogens with zero attached hydrogens (tertiary/aromatic N) is 3. The molecule has 0 atom stereocenters. The SMILES string of the molecule is Cc1cc(-c2cnc(CCNCC(C)C)o2)n(C)n1. The van der Waals surface area contributed by atoms with Gasteiger partial charge in [-0.25, -0.2) is 4.98 Å². The summed E-state index contributed by atoms with van der Waals surface area (Å²) in [4.78, 5) is 4.31. The summed E-state index contributed by atoms with van der Waals surface area (Å²) >= 11 is 0. The van der Waals surface area contributed by atoms with Gasteiger partial charge in [-0.3, -0.25) is 4.68 Å². The molecule has 0 radical (unpaired) electrons. The van der Waals surface area contributed by atoms with Crippen LogP contribution in [0.1, 0.15) is 25.4 Å². The number of aryl methyl sites for hydroxylation is 2. The number of rotatable bonds is 6. The number of oxazole rings is 1. The van der Waals surface area contributed by atoms with Crippen LogP contribution >= 0.6 is 0 Å². The molecule has 1 N–H and O–H groups in total. The van der Waals surface area contributed by atoms with Crippen molar-refractivity contribution in [3.8, 4) is 11.5 Å². The molecule has 0 aliphatic carbocycles. The fraction of sp³-hybridized carbons (Fsp3) is 0.571. The number of hydrogen-bond acceptors (Lipinski definition) is 4. The second-order valence-corrected chi connectivity index (χ2v) is 5.26. The summed E-state index contributed by atoms with van der Waals surface area (Å²) < 4.78 is 7.58. The number of nitrogens with one attached hydrogen (secondary N) is 1. The predicted molar refractivity (Wildman–Crippen MR) is 74.9 cm³/mol. The third-order valence-electron chi connectivity index (χ3n) is 2.88. The standard InChI is InChI=1S/C14H22N4O/c1-10(2)8-15-6-5-14-16-9-13(19-14)12-7-11(3)17-18(12)4/h7,9-10,15H,5-6,8H2,1-4H3. The van der Waals surface area contributed by atoms with E-state index in [1.165, 1.54) is 0 Å². The molecule has 0 unspecified atom stereocenters. The van der Waals surface area contributed by atoms with Crippen LogP contribution in [0.2, 0.25) is 0 Å². The summed E-state index contributed by atoms with van der Waals surface area (Å²) in [6.45, 7) is 8.27. The van der Waals surface area contributed by atoms with Crippen molar-refractivity contribution in [3.63, 3.8) is 0 Å². The lowest BCUT2D eigenvalue weighted by molar-refractivity contribution is 0.480. The average molecular weight is 262 g/mol. The Morgan fingerprint density at radius 3 is 2.84 bits per heavy atom. The molecule has 2 rings (SSSR count). The summed E-state index contributed by atoms with van der Waals surface area (Å²) in [7, 11) is 1.91. The highest BCUT2D eigenvalue weighted by Crippen LogP contribution is 2.20. The maximum atomic E-state index is 5.76. The molecule has 0 aliphatic rings. The Hall–Kier alpha value is -1.62. The Morgan fingerprint density at radius 1 is 1.42 bits per heavy atom. The molecule has 2 aromatic heterocycles. The van der Waals surface area contributed by atoms with Gasteiger partial charge in [-0.05, 0) is 25.5 Å². The number of hydrogen-bond donors (Lipinski definition) is 1. The van der Waals surface area contributed by atoms with E-state index >= 15 is 0 Å². The largest absolute Gasteiger partial charge is 0.439 e. The van der Waals surface area contributed by atoms with Crippen LogP contribution in [0.15, 0.2) is 16.7 Å². The van der Waals surface area contributed by atoms with E-state index in [2.05, 4.69) is 29.2 Å². The summed E-state index contributed by atoms with van der Waals surface area (Å²) in [5, 5.41) is 7.69. The zero-order chi connectivity index (χ0) is 13.8. The van der Waals surface area contributed by atoms with Gasteiger partial charge in [0.2, 0.25) is 0 Å². The Labute approximate surface area is 114 Å². The topological polar surface area (TPSA) is 55.9 Å². The van der Waals surface area contributed by atoms with Gasteiger partial charge in [-0.15, -0.1) is 0 Å². The van der Waals surface area contributed by atoms with Crippen LogP contribution < -0.4 is 5.32 Å². The van der Waals surface area contributed by atoms with Crippen LogP contribution in [0.25, 0.3) is 11.5 Å². The van der Waals surface area contributed by atoms with Gasteiger partial charge < -0.3 is 9.73 Å². The Balaban J connectivity index is 1.94. The molecule has 0 spiro atoms. The van der Waals surface area contributed by atoms with Gasteiger partial charge in [0, 0.05) is 20.0 Å². The summed E-state index contributed by atoms with van der Waals surface area (Å²) in [5.41, 5.74) is 1.94. The van der Waals surface area contributed by atoms with E-state index in [9.17, 15) is 0 Å². The molecule has 0 amide bonds. The third kappa shape index (κ3) is 3.67. The van der Waals surface area contributed by atoms with Crippen molar-refractivity contribution in [2.45, 2.75) is 27.2 Å². The van der Waals surface area contributed by atoms with E-state index in [1.54, 1.807) is 6.20 Å². The first kappa shape index (κ1) is 13.8. The fourth-order valence-corrected chi connectivity index (χ4v) is 1.97. The lowest BCUT2D eigenvalue weighted by Gasteiger charge is -2.05. The van der Waals surface area contributed by atoms with E-state index in [0.29, 0.717) is 5.92 Å². The van der Waals surface area contributed by atoms with Crippen molar-refractivity contribution in [2.75, 3.05) is 13.1 Å². The lowest BCUT2D eigenvalue weighted by Crippen LogP contribution is -2.22. The molecule has 5 heteroatoms. The van der Waals surface area contributed by atoms with Gasteiger partial charge in [0.05, 0.1) is 11.9 Å². The van der Waals surface area contributed by atoms with E-state index < -0.39 is 0 Å². The molecule has 0 aliphatic heterocycles. The van der Waals surface area contributed by atoms with Crippen molar-refractivity contribution in [3.05, 3.63) is 23.8 Å². The normalized spacial score (nSPS) is 11.4. The maximum Gasteiger partial charge on any atom is 0.196 e. The molecular weight excluding hydrogens is 240 g/mol. The summed E-state index contributed by atoms with van der Waals surface area (Å²) in [6.07, 6.45) is 2.58. The highest BCUT2D eigenvalue weighted by Gasteiger charge is 2.10. The maximum absolute atomic E-state index is 5.76. The first-order valence-corrected chi connectivity index (χ1v) is 6.72. The van der Waals surface area contributed by atoms with Crippen molar-refractivity contribution < 1.29 is 4.42 Å². The molecule has 2 aromatic rings. The van der Waals surface area contributed by atoms with Gasteiger partial charge in [0.15, 0.2) is 11.7 Å². The molecule has 0 aromatic carbocycles. The molecule has 0 saturated carbocycles. The molecule has 0 fully saturated rings. The molecule has 5 nitrogen and oxygen atoms in total. The van der Waals surface area contributed by atoms with Crippen molar-refractivity contribution >= 4 is 0 Å². The minimum absolute atomic E-state index is 0.664. The minimum atomic E-state index is 0.664. The second-order valence-electron chi connectivity index (χ2n) is 5.26. The zero-order valence-electron chi connectivity index (χ0n) is 12.1. The zero-order valence-corrected chi connectivity index (χ0v) is 12.1. The van der Waals surface area contributed by atoms with Crippen molar-refractivity contribution in [1.82, 2.24) is 20.1 Å². The second kappa shape index (κ2) is 6.02. The van der Waals surface area contributed by atoms with Gasteiger partial charge in [0.25, 0.3) is 0 Å². The van der Waals surface area contributed by atoms with Crippen LogP contribution in [-0.4, -0.2) is 27.9 Å². The Bertz CT molecular complexity index is 527. The molecule has 0 bridgehead atoms. The third-order valence-corrected chi connectivity index (χ3v) is 2.88. The fourth-order valence-electron chi connectivity index (χ4n) is 1.97. The van der Waals surface area contributed by atoms with Crippen LogP contribution in [-0.2, 0) is 13.5 Å². The van der Waals surface area contributed by atoms with Crippen LogP contribution in [0, 0.1) is 12.8 Å². The summed E-state index contributed by atoms with van der Waals surface area (Å²) in [6, 6.07) is 2.00. The Kier molecular flexibility index (Phi) is 4.37. The van der Waals surface area contributed by atoms with Crippen LogP contribution in [0.4, 0.5) is 0 Å². The van der Waals surface area contributed by atoms with Gasteiger partial charge in [0.1, 0.15) is 5.69 Å². The first-order chi connectivity index (χ1) is 9.06. The van der Waals surface area contributed by atoms with Crippen LogP contribution in [0.5, 0.6) is 0 Å². The van der Waals surface area contributed by atoms with E-state index in [1.807, 2.05) is 24.7 Å². The average Bonchev–Trinajstić information content (AvgIpc) is 2.91. The van der Waals surface area contributed by atoms with Crippen molar-refractivity contribution in [1.29, 1.82) is 0 Å². The quantitative estimate of drug-likeness (QED) is 0.811. The summed E-state index contributed by atoms with van der Waals surface area (Å²) in [5.74, 6) is 2.21. The predicted octanol–water partition coefficient (Wildman–Crippen LogP) is 2.17. The van der Waals surface area contributed by atoms with E-state index in [0.717, 1.165) is 42.5 Å². The van der Waals surface area contributed by atoms with Crippen LogP contribution in [0.3, 0.4) is 0 Å². The molecular formula is C14H22N4O. The molecule has 0 saturated heterocycles. The lowest BCUT2D eigenvalue weighted by atomic mass is 10.2. The minimum Gasteiger partial charge on any atom is -0.439 e. The van der Waals surface area contributed by atoms with Gasteiger partial charge in [-0.1, -0.05) is 13.8 Å². The smallest absolute Gasteiger partial charge is 0.196 e. The molecule has 104 valence electrons. The molecule has 19 heavy (non-hydrogen) atoms.